The van der Waals surface area contributed by atoms with Gasteiger partial charge in [-0.1, -0.05) is 19.9 Å². The molecule has 0 radical (unpaired) electrons. The van der Waals surface area contributed by atoms with Gasteiger partial charge in [0.2, 0.25) is 12.7 Å². The quantitative estimate of drug-likeness (QED) is 0.722. The number of amides is 3. The second kappa shape index (κ2) is 7.02. The lowest BCUT2D eigenvalue weighted by molar-refractivity contribution is -0.123. The summed E-state index contributed by atoms with van der Waals surface area (Å²) in [5.41, 5.74) is 6.12. The van der Waals surface area contributed by atoms with Crippen LogP contribution in [-0.2, 0) is 11.2 Å². The number of carbonyl (C=O) groups is 2. The van der Waals surface area contributed by atoms with E-state index in [0.29, 0.717) is 13.0 Å². The summed E-state index contributed by atoms with van der Waals surface area (Å²) in [6, 6.07) is 4.35. The Hall–Kier alpha value is -2.44. The number of ether oxygens (including phenoxy) is 2. The highest BCUT2D eigenvalue weighted by molar-refractivity contribution is 5.86. The number of benzene rings is 1. The van der Waals surface area contributed by atoms with E-state index in [2.05, 4.69) is 10.6 Å². The number of carbonyl (C=O) groups excluding carboxylic acids is 2. The van der Waals surface area contributed by atoms with Crippen molar-refractivity contribution in [3.05, 3.63) is 23.8 Å². The second-order valence-electron chi connectivity index (χ2n) is 5.46. The molecule has 0 spiro atoms. The van der Waals surface area contributed by atoms with Crippen molar-refractivity contribution < 1.29 is 19.1 Å². The maximum absolute atomic E-state index is 12.1. The van der Waals surface area contributed by atoms with E-state index < -0.39 is 12.1 Å². The number of nitrogens with one attached hydrogen (secondary N) is 2. The first-order valence-corrected chi connectivity index (χ1v) is 7.19. The molecule has 0 fully saturated rings. The molecule has 1 heterocycles. The zero-order valence-electron chi connectivity index (χ0n) is 12.7. The zero-order chi connectivity index (χ0) is 16.1. The fraction of sp³-hybridized carbons (Fsp3) is 0.467. The summed E-state index contributed by atoms with van der Waals surface area (Å²) in [6.07, 6.45) is 0.657. The van der Waals surface area contributed by atoms with Crippen LogP contribution >= 0.6 is 0 Å². The zero-order valence-corrected chi connectivity index (χ0v) is 12.7. The predicted octanol–water partition coefficient (Wildman–Crippen LogP) is 0.767. The molecule has 2 rings (SSSR count). The first kappa shape index (κ1) is 15.9. The molecular weight excluding hydrogens is 286 g/mol. The van der Waals surface area contributed by atoms with Crippen LogP contribution < -0.4 is 25.8 Å². The van der Waals surface area contributed by atoms with E-state index in [1.807, 2.05) is 32.0 Å². The lowest BCUT2D eigenvalue weighted by atomic mass is 10.0. The Morgan fingerprint density at radius 1 is 1.27 bits per heavy atom. The fourth-order valence-corrected chi connectivity index (χ4v) is 2.22. The first-order chi connectivity index (χ1) is 10.5. The summed E-state index contributed by atoms with van der Waals surface area (Å²) in [4.78, 5) is 23.0. The van der Waals surface area contributed by atoms with Crippen molar-refractivity contribution in [1.29, 1.82) is 0 Å². The monoisotopic (exact) mass is 307 g/mol. The van der Waals surface area contributed by atoms with E-state index in [4.69, 9.17) is 15.2 Å². The average Bonchev–Trinajstić information content (AvgIpc) is 2.91. The molecule has 1 atom stereocenters. The molecule has 120 valence electrons. The SMILES string of the molecule is CC(C)C(NC(N)=O)C(=O)NCCc1ccc2c(c1)OCO2. The first-order valence-electron chi connectivity index (χ1n) is 7.19. The standard InChI is InChI=1S/C15H21N3O4/c1-9(2)13(18-15(16)20)14(19)17-6-5-10-3-4-11-12(7-10)22-8-21-11/h3-4,7,9,13H,5-6,8H2,1-2H3,(H,17,19)(H3,16,18,20). The average molecular weight is 307 g/mol. The van der Waals surface area contributed by atoms with Gasteiger partial charge in [-0.25, -0.2) is 4.79 Å². The number of rotatable bonds is 6. The Bertz CT molecular complexity index is 560. The third-order valence-electron chi connectivity index (χ3n) is 3.40. The van der Waals surface area contributed by atoms with Gasteiger partial charge in [-0.05, 0) is 30.0 Å². The van der Waals surface area contributed by atoms with Gasteiger partial charge in [0, 0.05) is 6.54 Å². The van der Waals surface area contributed by atoms with Gasteiger partial charge in [0.1, 0.15) is 6.04 Å². The van der Waals surface area contributed by atoms with Crippen LogP contribution in [0.1, 0.15) is 19.4 Å². The largest absolute Gasteiger partial charge is 0.454 e. The van der Waals surface area contributed by atoms with Crippen LogP contribution in [0.2, 0.25) is 0 Å². The smallest absolute Gasteiger partial charge is 0.312 e. The molecule has 1 aromatic rings. The van der Waals surface area contributed by atoms with E-state index >= 15 is 0 Å². The molecule has 1 unspecified atom stereocenters. The molecule has 1 aliphatic heterocycles. The van der Waals surface area contributed by atoms with Crippen LogP contribution in [-0.4, -0.2) is 31.3 Å². The van der Waals surface area contributed by atoms with Crippen molar-refractivity contribution in [2.24, 2.45) is 11.7 Å². The van der Waals surface area contributed by atoms with Crippen molar-refractivity contribution in [3.8, 4) is 11.5 Å². The highest BCUT2D eigenvalue weighted by Gasteiger charge is 2.22. The number of urea groups is 1. The molecule has 3 amide bonds. The third kappa shape index (κ3) is 4.03. The lowest BCUT2D eigenvalue weighted by Gasteiger charge is -2.20. The summed E-state index contributed by atoms with van der Waals surface area (Å²) in [5.74, 6) is 1.17. The minimum absolute atomic E-state index is 0.0435. The Balaban J connectivity index is 1.84. The van der Waals surface area contributed by atoms with Crippen LogP contribution in [0.4, 0.5) is 4.79 Å². The minimum atomic E-state index is -0.704. The highest BCUT2D eigenvalue weighted by atomic mass is 16.7. The van der Waals surface area contributed by atoms with Gasteiger partial charge < -0.3 is 25.8 Å². The van der Waals surface area contributed by atoms with Gasteiger partial charge in [0.15, 0.2) is 11.5 Å². The lowest BCUT2D eigenvalue weighted by Crippen LogP contribution is -2.51. The van der Waals surface area contributed by atoms with Gasteiger partial charge >= 0.3 is 6.03 Å². The normalized spacial score (nSPS) is 13.8. The summed E-state index contributed by atoms with van der Waals surface area (Å²) >= 11 is 0. The van der Waals surface area contributed by atoms with Gasteiger partial charge in [-0.3, -0.25) is 4.79 Å². The van der Waals surface area contributed by atoms with Crippen LogP contribution in [0, 0.1) is 5.92 Å². The molecule has 0 bridgehead atoms. The van der Waals surface area contributed by atoms with Crippen molar-refractivity contribution in [3.63, 3.8) is 0 Å². The van der Waals surface area contributed by atoms with E-state index in [0.717, 1.165) is 17.1 Å². The molecule has 22 heavy (non-hydrogen) atoms. The molecule has 1 aliphatic rings. The number of hydrogen-bond donors (Lipinski definition) is 3. The van der Waals surface area contributed by atoms with E-state index in [1.54, 1.807) is 0 Å². The number of nitrogens with two attached hydrogens (primary N) is 1. The molecule has 7 nitrogen and oxygen atoms in total. The maximum Gasteiger partial charge on any atom is 0.312 e. The molecular formula is C15H21N3O4. The molecule has 0 aromatic heterocycles. The summed E-state index contributed by atoms with van der Waals surface area (Å²) in [6.45, 7) is 4.39. The van der Waals surface area contributed by atoms with Gasteiger partial charge in [0.05, 0.1) is 0 Å². The molecule has 4 N–H and O–H groups in total. The summed E-state index contributed by atoms with van der Waals surface area (Å²) < 4.78 is 10.6. The van der Waals surface area contributed by atoms with Crippen molar-refractivity contribution in [2.45, 2.75) is 26.3 Å². The van der Waals surface area contributed by atoms with Gasteiger partial charge in [0.25, 0.3) is 0 Å². The highest BCUT2D eigenvalue weighted by Crippen LogP contribution is 2.32. The van der Waals surface area contributed by atoms with E-state index in [1.165, 1.54) is 0 Å². The topological polar surface area (TPSA) is 103 Å². The van der Waals surface area contributed by atoms with Crippen molar-refractivity contribution in [2.75, 3.05) is 13.3 Å². The third-order valence-corrected chi connectivity index (χ3v) is 3.40. The Morgan fingerprint density at radius 3 is 2.68 bits per heavy atom. The van der Waals surface area contributed by atoms with Crippen LogP contribution in [0.25, 0.3) is 0 Å². The Morgan fingerprint density at radius 2 is 2.00 bits per heavy atom. The number of primary amides is 1. The number of hydrogen-bond acceptors (Lipinski definition) is 4. The Kier molecular flexibility index (Phi) is 5.08. The molecule has 0 saturated heterocycles. The molecule has 0 saturated carbocycles. The molecule has 1 aromatic carbocycles. The van der Waals surface area contributed by atoms with Crippen molar-refractivity contribution in [1.82, 2.24) is 10.6 Å². The summed E-state index contributed by atoms with van der Waals surface area (Å²) in [7, 11) is 0. The van der Waals surface area contributed by atoms with Gasteiger partial charge in [-0.15, -0.1) is 0 Å². The Labute approximate surface area is 129 Å². The molecule has 0 aliphatic carbocycles. The van der Waals surface area contributed by atoms with Crippen LogP contribution in [0.3, 0.4) is 0 Å². The number of fused-ring (bicyclic) bond motifs is 1. The fourth-order valence-electron chi connectivity index (χ4n) is 2.22. The van der Waals surface area contributed by atoms with Crippen molar-refractivity contribution >= 4 is 11.9 Å². The predicted molar refractivity (Wildman–Crippen MR) is 80.6 cm³/mol. The molecule has 7 heteroatoms. The minimum Gasteiger partial charge on any atom is -0.454 e. The second-order valence-corrected chi connectivity index (χ2v) is 5.46. The van der Waals surface area contributed by atoms with Crippen LogP contribution in [0.15, 0.2) is 18.2 Å². The van der Waals surface area contributed by atoms with E-state index in [-0.39, 0.29) is 18.6 Å². The maximum atomic E-state index is 12.1. The van der Waals surface area contributed by atoms with E-state index in [9.17, 15) is 9.59 Å². The van der Waals surface area contributed by atoms with Crippen LogP contribution in [0.5, 0.6) is 11.5 Å². The summed E-state index contributed by atoms with van der Waals surface area (Å²) in [5, 5.41) is 5.26. The van der Waals surface area contributed by atoms with Gasteiger partial charge in [-0.2, -0.15) is 0 Å².